The first-order chi connectivity index (χ1) is 11.7. The number of morpholine rings is 1. The molecule has 2 aromatic rings. The molecule has 1 amide bonds. The van der Waals surface area contributed by atoms with Crippen LogP contribution in [0.3, 0.4) is 0 Å². The highest BCUT2D eigenvalue weighted by Crippen LogP contribution is 2.16. The van der Waals surface area contributed by atoms with Crippen molar-refractivity contribution in [2.45, 2.75) is 6.92 Å². The van der Waals surface area contributed by atoms with E-state index in [1.165, 1.54) is 0 Å². The Labute approximate surface area is 139 Å². The zero-order valence-corrected chi connectivity index (χ0v) is 13.3. The summed E-state index contributed by atoms with van der Waals surface area (Å²) < 4.78 is 5.27. The molecule has 0 aliphatic carbocycles. The smallest absolute Gasteiger partial charge is 0.272 e. The highest BCUT2D eigenvalue weighted by molar-refractivity contribution is 5.92. The molecular formula is C17H17N5O2. The molecule has 0 atom stereocenters. The van der Waals surface area contributed by atoms with Crippen LogP contribution in [-0.2, 0) is 4.74 Å². The Bertz CT molecular complexity index is 794. The second kappa shape index (κ2) is 7.06. The molecule has 1 N–H and O–H groups in total. The van der Waals surface area contributed by atoms with E-state index in [0.717, 1.165) is 0 Å². The Morgan fingerprint density at radius 3 is 2.83 bits per heavy atom. The van der Waals surface area contributed by atoms with Gasteiger partial charge in [0.2, 0.25) is 5.95 Å². The Hall–Kier alpha value is -2.98. The van der Waals surface area contributed by atoms with Crippen molar-refractivity contribution in [3.05, 3.63) is 47.3 Å². The highest BCUT2D eigenvalue weighted by atomic mass is 16.5. The standard InChI is InChI=1S/C17H17N5O2/c1-12-9-15(16(23)22-5-7-24-8-6-22)21-17(19-12)20-14-4-2-3-13(10-14)11-18/h2-4,9-10H,5-8H2,1H3,(H,19,20,21). The molecule has 1 aliphatic rings. The fourth-order valence-corrected chi connectivity index (χ4v) is 2.46. The third kappa shape index (κ3) is 3.67. The minimum absolute atomic E-state index is 0.127. The Kier molecular flexibility index (Phi) is 4.68. The maximum Gasteiger partial charge on any atom is 0.272 e. The van der Waals surface area contributed by atoms with Gasteiger partial charge in [0.15, 0.2) is 0 Å². The van der Waals surface area contributed by atoms with Crippen molar-refractivity contribution in [1.82, 2.24) is 14.9 Å². The summed E-state index contributed by atoms with van der Waals surface area (Å²) in [6.07, 6.45) is 0. The predicted octanol–water partition coefficient (Wildman–Crippen LogP) is 1.87. The number of hydrogen-bond donors (Lipinski definition) is 1. The number of nitrogens with zero attached hydrogens (tertiary/aromatic N) is 4. The summed E-state index contributed by atoms with van der Waals surface area (Å²) >= 11 is 0. The number of anilines is 2. The monoisotopic (exact) mass is 323 g/mol. The van der Waals surface area contributed by atoms with Crippen LogP contribution in [0.5, 0.6) is 0 Å². The topological polar surface area (TPSA) is 91.1 Å². The van der Waals surface area contributed by atoms with E-state index < -0.39 is 0 Å². The minimum atomic E-state index is -0.127. The van der Waals surface area contributed by atoms with Gasteiger partial charge in [-0.3, -0.25) is 4.79 Å². The minimum Gasteiger partial charge on any atom is -0.378 e. The van der Waals surface area contributed by atoms with Crippen molar-refractivity contribution in [2.75, 3.05) is 31.6 Å². The van der Waals surface area contributed by atoms with Crippen LogP contribution in [0.1, 0.15) is 21.7 Å². The van der Waals surface area contributed by atoms with Gasteiger partial charge in [0.1, 0.15) is 5.69 Å². The molecule has 3 rings (SSSR count). The maximum absolute atomic E-state index is 12.6. The van der Waals surface area contributed by atoms with Crippen molar-refractivity contribution in [3.63, 3.8) is 0 Å². The lowest BCUT2D eigenvalue weighted by molar-refractivity contribution is 0.0299. The number of aromatic nitrogens is 2. The van der Waals surface area contributed by atoms with Gasteiger partial charge >= 0.3 is 0 Å². The first-order valence-electron chi connectivity index (χ1n) is 7.65. The summed E-state index contributed by atoms with van der Waals surface area (Å²) in [5.74, 6) is 0.208. The van der Waals surface area contributed by atoms with Gasteiger partial charge in [-0.05, 0) is 31.2 Å². The summed E-state index contributed by atoms with van der Waals surface area (Å²) in [5.41, 5.74) is 2.28. The summed E-state index contributed by atoms with van der Waals surface area (Å²) in [6, 6.07) is 10.8. The first kappa shape index (κ1) is 15.9. The number of aryl methyl sites for hydroxylation is 1. The Balaban J connectivity index is 1.83. The molecule has 1 aromatic carbocycles. The highest BCUT2D eigenvalue weighted by Gasteiger charge is 2.20. The zero-order chi connectivity index (χ0) is 16.9. The van der Waals surface area contributed by atoms with E-state index in [9.17, 15) is 4.79 Å². The Morgan fingerprint density at radius 2 is 2.08 bits per heavy atom. The number of carbonyl (C=O) groups excluding carboxylic acids is 1. The second-order valence-electron chi connectivity index (χ2n) is 5.44. The average molecular weight is 323 g/mol. The van der Waals surface area contributed by atoms with Crippen molar-refractivity contribution in [1.29, 1.82) is 5.26 Å². The largest absolute Gasteiger partial charge is 0.378 e. The fraction of sp³-hybridized carbons (Fsp3) is 0.294. The summed E-state index contributed by atoms with van der Waals surface area (Å²) in [6.45, 7) is 4.03. The van der Waals surface area contributed by atoms with Gasteiger partial charge in [0.25, 0.3) is 5.91 Å². The molecule has 0 radical (unpaired) electrons. The molecule has 0 saturated carbocycles. The molecule has 0 spiro atoms. The molecule has 1 saturated heterocycles. The molecule has 7 nitrogen and oxygen atoms in total. The number of ether oxygens (including phenoxy) is 1. The third-order valence-electron chi connectivity index (χ3n) is 3.62. The Morgan fingerprint density at radius 1 is 1.29 bits per heavy atom. The van der Waals surface area contributed by atoms with Gasteiger partial charge in [-0.1, -0.05) is 6.07 Å². The van der Waals surface area contributed by atoms with Crippen LogP contribution in [0, 0.1) is 18.3 Å². The van der Waals surface area contributed by atoms with E-state index in [-0.39, 0.29) is 5.91 Å². The maximum atomic E-state index is 12.6. The molecule has 122 valence electrons. The number of nitriles is 1. The van der Waals surface area contributed by atoms with Crippen LogP contribution >= 0.6 is 0 Å². The van der Waals surface area contributed by atoms with E-state index in [2.05, 4.69) is 21.4 Å². The average Bonchev–Trinajstić information content (AvgIpc) is 2.61. The van der Waals surface area contributed by atoms with Crippen molar-refractivity contribution >= 4 is 17.5 Å². The predicted molar refractivity (Wildman–Crippen MR) is 87.9 cm³/mol. The van der Waals surface area contributed by atoms with Crippen LogP contribution in [0.4, 0.5) is 11.6 Å². The molecule has 2 heterocycles. The van der Waals surface area contributed by atoms with Crippen LogP contribution in [0.15, 0.2) is 30.3 Å². The first-order valence-corrected chi connectivity index (χ1v) is 7.65. The second-order valence-corrected chi connectivity index (χ2v) is 5.44. The van der Waals surface area contributed by atoms with Gasteiger partial charge in [-0.25, -0.2) is 9.97 Å². The normalized spacial score (nSPS) is 14.1. The van der Waals surface area contributed by atoms with Crippen LogP contribution < -0.4 is 5.32 Å². The van der Waals surface area contributed by atoms with E-state index in [1.807, 2.05) is 13.0 Å². The number of nitrogens with one attached hydrogen (secondary N) is 1. The number of carbonyl (C=O) groups is 1. The van der Waals surface area contributed by atoms with Crippen LogP contribution in [0.25, 0.3) is 0 Å². The lowest BCUT2D eigenvalue weighted by Gasteiger charge is -2.26. The molecule has 7 heteroatoms. The number of hydrogen-bond acceptors (Lipinski definition) is 6. The van der Waals surface area contributed by atoms with Gasteiger partial charge in [-0.15, -0.1) is 0 Å². The lowest BCUT2D eigenvalue weighted by Crippen LogP contribution is -2.41. The number of benzene rings is 1. The molecule has 1 fully saturated rings. The summed E-state index contributed by atoms with van der Waals surface area (Å²) in [4.78, 5) is 22.9. The van der Waals surface area contributed by atoms with Gasteiger partial charge in [-0.2, -0.15) is 5.26 Å². The molecular weight excluding hydrogens is 306 g/mol. The van der Waals surface area contributed by atoms with Gasteiger partial charge in [0, 0.05) is 24.5 Å². The van der Waals surface area contributed by atoms with Gasteiger partial charge < -0.3 is 15.0 Å². The molecule has 24 heavy (non-hydrogen) atoms. The lowest BCUT2D eigenvalue weighted by atomic mass is 10.2. The van der Waals surface area contributed by atoms with Crippen molar-refractivity contribution in [2.24, 2.45) is 0 Å². The summed E-state index contributed by atoms with van der Waals surface area (Å²) in [7, 11) is 0. The van der Waals surface area contributed by atoms with E-state index in [4.69, 9.17) is 10.00 Å². The zero-order valence-electron chi connectivity index (χ0n) is 13.3. The SMILES string of the molecule is Cc1cc(C(=O)N2CCOCC2)nc(Nc2cccc(C#N)c2)n1. The van der Waals surface area contributed by atoms with E-state index in [0.29, 0.717) is 54.9 Å². The van der Waals surface area contributed by atoms with Gasteiger partial charge in [0.05, 0.1) is 24.8 Å². The number of amides is 1. The van der Waals surface area contributed by atoms with Crippen molar-refractivity contribution in [3.8, 4) is 6.07 Å². The van der Waals surface area contributed by atoms with E-state index in [1.54, 1.807) is 29.2 Å². The van der Waals surface area contributed by atoms with Crippen molar-refractivity contribution < 1.29 is 9.53 Å². The molecule has 1 aliphatic heterocycles. The fourth-order valence-electron chi connectivity index (χ4n) is 2.46. The van der Waals surface area contributed by atoms with Crippen LogP contribution in [-0.4, -0.2) is 47.1 Å². The van der Waals surface area contributed by atoms with Crippen LogP contribution in [0.2, 0.25) is 0 Å². The third-order valence-corrected chi connectivity index (χ3v) is 3.62. The quantitative estimate of drug-likeness (QED) is 0.927. The van der Waals surface area contributed by atoms with E-state index >= 15 is 0 Å². The number of rotatable bonds is 3. The molecule has 0 bridgehead atoms. The molecule has 0 unspecified atom stereocenters. The summed E-state index contributed by atoms with van der Waals surface area (Å²) in [5, 5.41) is 12.0. The molecule has 1 aromatic heterocycles.